The molecule has 3 rings (SSSR count). The maximum atomic E-state index is 11.9. The van der Waals surface area contributed by atoms with Crippen molar-refractivity contribution in [2.24, 2.45) is 5.73 Å². The van der Waals surface area contributed by atoms with Gasteiger partial charge in [-0.05, 0) is 37.3 Å². The molecule has 1 saturated heterocycles. The fourth-order valence-corrected chi connectivity index (χ4v) is 3.03. The number of aryl methyl sites for hydroxylation is 2. The average molecular weight is 274 g/mol. The largest absolute Gasteiger partial charge is 0.345 e. The molecule has 1 amide bonds. The Labute approximate surface area is 119 Å². The first-order valence-electron chi connectivity index (χ1n) is 7.39. The van der Waals surface area contributed by atoms with Crippen LogP contribution in [0.15, 0.2) is 6.07 Å². The number of aromatic nitrogens is 1. The highest BCUT2D eigenvalue weighted by Crippen LogP contribution is 2.27. The Morgan fingerprint density at radius 3 is 2.85 bits per heavy atom. The van der Waals surface area contributed by atoms with Crippen LogP contribution in [-0.2, 0) is 24.2 Å². The first kappa shape index (κ1) is 13.4. The summed E-state index contributed by atoms with van der Waals surface area (Å²) >= 11 is 0. The summed E-state index contributed by atoms with van der Waals surface area (Å²) in [7, 11) is 1.85. The van der Waals surface area contributed by atoms with E-state index in [0.29, 0.717) is 13.1 Å². The Morgan fingerprint density at radius 2 is 2.10 bits per heavy atom. The van der Waals surface area contributed by atoms with Gasteiger partial charge in [0.2, 0.25) is 5.91 Å². The van der Waals surface area contributed by atoms with E-state index in [1.54, 1.807) is 4.90 Å². The molecule has 1 aromatic heterocycles. The van der Waals surface area contributed by atoms with Gasteiger partial charge < -0.3 is 15.5 Å². The number of piperazine rings is 1. The molecule has 20 heavy (non-hydrogen) atoms. The highest BCUT2D eigenvalue weighted by Gasteiger charge is 2.25. The van der Waals surface area contributed by atoms with Crippen LogP contribution >= 0.6 is 0 Å². The van der Waals surface area contributed by atoms with Crippen LogP contribution in [0.1, 0.15) is 29.7 Å². The number of likely N-dealkylation sites (N-methyl/N-ethyl adjacent to an activating group) is 1. The summed E-state index contributed by atoms with van der Waals surface area (Å²) in [5, 5.41) is 0. The number of anilines is 1. The van der Waals surface area contributed by atoms with Crippen molar-refractivity contribution in [2.45, 2.75) is 32.2 Å². The number of carbonyl (C=O) groups is 1. The van der Waals surface area contributed by atoms with Crippen molar-refractivity contribution in [3.8, 4) is 0 Å². The molecule has 0 aromatic carbocycles. The molecule has 0 atom stereocenters. The summed E-state index contributed by atoms with van der Waals surface area (Å²) < 4.78 is 0. The van der Waals surface area contributed by atoms with E-state index in [1.165, 1.54) is 24.1 Å². The molecule has 1 aliphatic heterocycles. The number of nitrogens with two attached hydrogens (primary N) is 1. The lowest BCUT2D eigenvalue weighted by molar-refractivity contribution is -0.129. The van der Waals surface area contributed by atoms with E-state index in [4.69, 9.17) is 10.7 Å². The molecule has 5 heteroatoms. The first-order chi connectivity index (χ1) is 9.69. The van der Waals surface area contributed by atoms with Crippen LogP contribution in [0.3, 0.4) is 0 Å². The number of rotatable bonds is 2. The van der Waals surface area contributed by atoms with E-state index in [1.807, 2.05) is 7.05 Å². The van der Waals surface area contributed by atoms with Gasteiger partial charge in [0.1, 0.15) is 5.82 Å². The second kappa shape index (κ2) is 5.40. The smallest absolute Gasteiger partial charge is 0.241 e. The standard InChI is InChI=1S/C15H22N4O/c1-18-6-7-19(10-14(18)20)15-12(9-16)8-11-4-2-3-5-13(11)17-15/h8H,2-7,9-10,16H2,1H3. The van der Waals surface area contributed by atoms with E-state index in [9.17, 15) is 4.79 Å². The fraction of sp³-hybridized carbons (Fsp3) is 0.600. The van der Waals surface area contributed by atoms with Crippen LogP contribution in [0.5, 0.6) is 0 Å². The predicted molar refractivity (Wildman–Crippen MR) is 78.6 cm³/mol. The van der Waals surface area contributed by atoms with Crippen LogP contribution in [0.4, 0.5) is 5.82 Å². The summed E-state index contributed by atoms with van der Waals surface area (Å²) in [5.41, 5.74) is 9.51. The number of carbonyl (C=O) groups excluding carboxylic acids is 1. The van der Waals surface area contributed by atoms with Gasteiger partial charge in [-0.15, -0.1) is 0 Å². The lowest BCUT2D eigenvalue weighted by Gasteiger charge is -2.34. The number of pyridine rings is 1. The number of hydrogen-bond acceptors (Lipinski definition) is 4. The number of fused-ring (bicyclic) bond motifs is 1. The lowest BCUT2D eigenvalue weighted by Crippen LogP contribution is -2.49. The minimum atomic E-state index is 0.152. The van der Waals surface area contributed by atoms with E-state index in [-0.39, 0.29) is 5.91 Å². The lowest BCUT2D eigenvalue weighted by atomic mass is 9.94. The Hall–Kier alpha value is -1.62. The third-order valence-corrected chi connectivity index (χ3v) is 4.33. The fourth-order valence-electron chi connectivity index (χ4n) is 3.03. The Balaban J connectivity index is 1.93. The molecule has 1 fully saturated rings. The Morgan fingerprint density at radius 1 is 1.30 bits per heavy atom. The maximum Gasteiger partial charge on any atom is 0.241 e. The topological polar surface area (TPSA) is 62.5 Å². The number of hydrogen-bond donors (Lipinski definition) is 1. The van der Waals surface area contributed by atoms with Gasteiger partial charge in [-0.1, -0.05) is 0 Å². The zero-order valence-corrected chi connectivity index (χ0v) is 12.1. The van der Waals surface area contributed by atoms with Crippen LogP contribution in [0.2, 0.25) is 0 Å². The molecular weight excluding hydrogens is 252 g/mol. The molecule has 1 aliphatic carbocycles. The quantitative estimate of drug-likeness (QED) is 0.862. The summed E-state index contributed by atoms with van der Waals surface area (Å²) in [6.45, 7) is 2.48. The molecule has 0 bridgehead atoms. The Kier molecular flexibility index (Phi) is 3.61. The SMILES string of the molecule is CN1CCN(c2nc3c(cc2CN)CCCC3)CC1=O. The van der Waals surface area contributed by atoms with Crippen molar-refractivity contribution in [3.63, 3.8) is 0 Å². The van der Waals surface area contributed by atoms with Crippen molar-refractivity contribution in [3.05, 3.63) is 22.9 Å². The van der Waals surface area contributed by atoms with Crippen LogP contribution in [0, 0.1) is 0 Å². The minimum Gasteiger partial charge on any atom is -0.345 e. The van der Waals surface area contributed by atoms with Crippen molar-refractivity contribution < 1.29 is 4.79 Å². The molecule has 5 nitrogen and oxygen atoms in total. The third kappa shape index (κ3) is 2.38. The van der Waals surface area contributed by atoms with Gasteiger partial charge in [-0.25, -0.2) is 4.98 Å². The van der Waals surface area contributed by atoms with Crippen LogP contribution in [-0.4, -0.2) is 42.5 Å². The van der Waals surface area contributed by atoms with E-state index in [2.05, 4.69) is 11.0 Å². The second-order valence-electron chi connectivity index (χ2n) is 5.72. The van der Waals surface area contributed by atoms with E-state index >= 15 is 0 Å². The van der Waals surface area contributed by atoms with Gasteiger partial charge >= 0.3 is 0 Å². The molecule has 0 saturated carbocycles. The molecule has 1 aromatic rings. The second-order valence-corrected chi connectivity index (χ2v) is 5.72. The zero-order valence-electron chi connectivity index (χ0n) is 12.1. The first-order valence-corrected chi connectivity index (χ1v) is 7.39. The summed E-state index contributed by atoms with van der Waals surface area (Å²) in [6.07, 6.45) is 4.61. The minimum absolute atomic E-state index is 0.152. The van der Waals surface area contributed by atoms with Crippen LogP contribution in [0.25, 0.3) is 0 Å². The average Bonchev–Trinajstić information content (AvgIpc) is 2.48. The van der Waals surface area contributed by atoms with Crippen molar-refractivity contribution >= 4 is 11.7 Å². The van der Waals surface area contributed by atoms with E-state index < -0.39 is 0 Å². The van der Waals surface area contributed by atoms with Gasteiger partial charge in [0.25, 0.3) is 0 Å². The highest BCUT2D eigenvalue weighted by molar-refractivity contribution is 5.82. The molecule has 2 aliphatic rings. The predicted octanol–water partition coefficient (Wildman–Crippen LogP) is 0.697. The van der Waals surface area contributed by atoms with Gasteiger partial charge in [0, 0.05) is 37.9 Å². The molecule has 0 unspecified atom stereocenters. The van der Waals surface area contributed by atoms with Crippen molar-refractivity contribution in [2.75, 3.05) is 31.6 Å². The van der Waals surface area contributed by atoms with E-state index in [0.717, 1.165) is 37.3 Å². The zero-order chi connectivity index (χ0) is 14.1. The highest BCUT2D eigenvalue weighted by atomic mass is 16.2. The van der Waals surface area contributed by atoms with Gasteiger partial charge in [0.05, 0.1) is 6.54 Å². The number of amides is 1. The molecular formula is C15H22N4O. The molecule has 0 spiro atoms. The molecule has 0 radical (unpaired) electrons. The summed E-state index contributed by atoms with van der Waals surface area (Å²) in [5.74, 6) is 1.08. The molecule has 2 heterocycles. The Bertz CT molecular complexity index is 529. The monoisotopic (exact) mass is 274 g/mol. The van der Waals surface area contributed by atoms with Gasteiger partial charge in [-0.3, -0.25) is 4.79 Å². The molecule has 108 valence electrons. The van der Waals surface area contributed by atoms with Gasteiger partial charge in [-0.2, -0.15) is 0 Å². The van der Waals surface area contributed by atoms with Crippen molar-refractivity contribution in [1.29, 1.82) is 0 Å². The van der Waals surface area contributed by atoms with Gasteiger partial charge in [0.15, 0.2) is 0 Å². The summed E-state index contributed by atoms with van der Waals surface area (Å²) in [6, 6.07) is 2.21. The van der Waals surface area contributed by atoms with Crippen LogP contribution < -0.4 is 10.6 Å². The third-order valence-electron chi connectivity index (χ3n) is 4.33. The summed E-state index contributed by atoms with van der Waals surface area (Å²) in [4.78, 5) is 20.6. The normalized spacial score (nSPS) is 19.2. The molecule has 2 N–H and O–H groups in total. The maximum absolute atomic E-state index is 11.9. The van der Waals surface area contributed by atoms with Crippen molar-refractivity contribution in [1.82, 2.24) is 9.88 Å². The number of nitrogens with zero attached hydrogens (tertiary/aromatic N) is 3.